The molecule has 1 saturated carbocycles. The van der Waals surface area contributed by atoms with Crippen LogP contribution in [-0.2, 0) is 4.74 Å². The Morgan fingerprint density at radius 2 is 1.62 bits per heavy atom. The molecule has 48 heavy (non-hydrogen) atoms. The zero-order valence-corrected chi connectivity index (χ0v) is 29.0. The van der Waals surface area contributed by atoms with E-state index in [0.29, 0.717) is 47.3 Å². The van der Waals surface area contributed by atoms with Crippen LogP contribution in [0.4, 0.5) is 16.2 Å². The number of carbonyl (C=O) groups is 2. The molecule has 4 atom stereocenters. The summed E-state index contributed by atoms with van der Waals surface area (Å²) in [5, 5.41) is 15.9. The molecule has 0 saturated heterocycles. The molecule has 0 radical (unpaired) electrons. The first-order chi connectivity index (χ1) is 23.2. The number of nitrogens with zero attached hydrogens (tertiary/aromatic N) is 2. The molecule has 2 aromatic carbocycles. The zero-order chi connectivity index (χ0) is 34.0. The van der Waals surface area contributed by atoms with Crippen LogP contribution in [0.15, 0.2) is 36.4 Å². The number of urea groups is 1. The van der Waals surface area contributed by atoms with Gasteiger partial charge in [-0.2, -0.15) is 0 Å². The lowest BCUT2D eigenvalue weighted by Gasteiger charge is -2.36. The van der Waals surface area contributed by atoms with Crippen LogP contribution < -0.4 is 24.8 Å². The van der Waals surface area contributed by atoms with E-state index < -0.39 is 12.1 Å². The van der Waals surface area contributed by atoms with E-state index >= 15 is 0 Å². The second kappa shape index (κ2) is 17.2. The summed E-state index contributed by atoms with van der Waals surface area (Å²) in [5.41, 5.74) is 1.31. The van der Waals surface area contributed by atoms with Crippen molar-refractivity contribution in [3.63, 3.8) is 0 Å². The molecule has 0 spiro atoms. The summed E-state index contributed by atoms with van der Waals surface area (Å²) >= 11 is 0. The molecule has 3 aliphatic rings. The van der Waals surface area contributed by atoms with Gasteiger partial charge >= 0.3 is 6.03 Å². The van der Waals surface area contributed by atoms with Crippen LogP contribution in [0.3, 0.4) is 0 Å². The van der Waals surface area contributed by atoms with Crippen molar-refractivity contribution in [1.29, 1.82) is 0 Å². The summed E-state index contributed by atoms with van der Waals surface area (Å²) in [4.78, 5) is 31.5. The minimum absolute atomic E-state index is 0.0109. The Morgan fingerprint density at radius 3 is 2.38 bits per heavy atom. The van der Waals surface area contributed by atoms with Crippen LogP contribution in [0.2, 0.25) is 0 Å². The Hall–Kier alpha value is -3.54. The molecule has 0 aromatic heterocycles. The number of amides is 3. The highest BCUT2D eigenvalue weighted by molar-refractivity contribution is 6.02. The number of anilines is 2. The van der Waals surface area contributed by atoms with E-state index in [0.717, 1.165) is 38.3 Å². The van der Waals surface area contributed by atoms with Crippen LogP contribution in [0.25, 0.3) is 0 Å². The maximum absolute atomic E-state index is 14.4. The van der Waals surface area contributed by atoms with Gasteiger partial charge in [0.15, 0.2) is 11.5 Å². The molecule has 1 aliphatic carbocycles. The fraction of sp³-hybridized carbons (Fsp3) is 0.622. The first-order valence-corrected chi connectivity index (χ1v) is 17.7. The summed E-state index contributed by atoms with van der Waals surface area (Å²) < 4.78 is 23.7. The predicted molar refractivity (Wildman–Crippen MR) is 186 cm³/mol. The number of benzene rings is 2. The van der Waals surface area contributed by atoms with Crippen LogP contribution in [0.1, 0.15) is 82.5 Å². The number of rotatable bonds is 8. The standard InChI is InChI=1S/C37H54N4O7/c1-25-20-41(26(2)23-42)36(43)31-18-29(38-37(44)39-30-14-16-33-34(19-30)47-24-46-33)13-15-32(31)48-27(3)10-8-9-17-45-35(25)22-40(4)21-28-11-6-5-7-12-28/h13-16,18-19,25-28,35,42H,5-12,17,20-24H2,1-4H3,(H2,38,39,44)/t25-,26+,27+,35+/m0/s1. The average Bonchev–Trinajstić information content (AvgIpc) is 3.54. The van der Waals surface area contributed by atoms with Gasteiger partial charge in [0.2, 0.25) is 6.79 Å². The molecule has 2 heterocycles. The molecule has 3 N–H and O–H groups in total. The zero-order valence-electron chi connectivity index (χ0n) is 29.0. The minimum Gasteiger partial charge on any atom is -0.490 e. The smallest absolute Gasteiger partial charge is 0.323 e. The van der Waals surface area contributed by atoms with Gasteiger partial charge in [0, 0.05) is 49.6 Å². The van der Waals surface area contributed by atoms with E-state index in [1.807, 2.05) is 13.8 Å². The first-order valence-electron chi connectivity index (χ1n) is 17.7. The van der Waals surface area contributed by atoms with Crippen molar-refractivity contribution in [3.8, 4) is 17.2 Å². The molecular weight excluding hydrogens is 612 g/mol. The second-order valence-corrected chi connectivity index (χ2v) is 13.9. The van der Waals surface area contributed by atoms with E-state index in [2.05, 4.69) is 29.5 Å². The highest BCUT2D eigenvalue weighted by atomic mass is 16.7. The molecule has 5 rings (SSSR count). The Balaban J connectivity index is 1.35. The van der Waals surface area contributed by atoms with E-state index in [1.165, 1.54) is 32.1 Å². The summed E-state index contributed by atoms with van der Waals surface area (Å²) in [5.74, 6) is 2.11. The van der Waals surface area contributed by atoms with Gasteiger partial charge in [-0.25, -0.2) is 4.79 Å². The van der Waals surface area contributed by atoms with Crippen molar-refractivity contribution in [2.75, 3.05) is 57.3 Å². The van der Waals surface area contributed by atoms with Crippen molar-refractivity contribution in [2.45, 2.75) is 90.4 Å². The summed E-state index contributed by atoms with van der Waals surface area (Å²) in [6.45, 7) is 8.85. The molecule has 11 heteroatoms. The number of carbonyl (C=O) groups excluding carboxylic acids is 2. The van der Waals surface area contributed by atoms with Crippen molar-refractivity contribution in [2.24, 2.45) is 11.8 Å². The fourth-order valence-corrected chi connectivity index (χ4v) is 6.92. The highest BCUT2D eigenvalue weighted by Gasteiger charge is 2.31. The van der Waals surface area contributed by atoms with Gasteiger partial charge in [0.1, 0.15) is 5.75 Å². The van der Waals surface area contributed by atoms with Gasteiger partial charge in [-0.15, -0.1) is 0 Å². The third kappa shape index (κ3) is 9.76. The number of nitrogens with one attached hydrogen (secondary N) is 2. The lowest BCUT2D eigenvalue weighted by molar-refractivity contribution is -0.0190. The Bertz CT molecular complexity index is 1370. The van der Waals surface area contributed by atoms with Crippen molar-refractivity contribution in [1.82, 2.24) is 9.80 Å². The fourth-order valence-electron chi connectivity index (χ4n) is 6.92. The van der Waals surface area contributed by atoms with Crippen molar-refractivity contribution >= 4 is 23.3 Å². The third-order valence-corrected chi connectivity index (χ3v) is 9.73. The molecular formula is C37H54N4O7. The number of aliphatic hydroxyl groups excluding tert-OH is 1. The second-order valence-electron chi connectivity index (χ2n) is 13.9. The van der Waals surface area contributed by atoms with Crippen molar-refractivity contribution < 1.29 is 33.6 Å². The molecule has 2 aliphatic heterocycles. The lowest BCUT2D eigenvalue weighted by atomic mass is 9.89. The Kier molecular flexibility index (Phi) is 12.8. The predicted octanol–water partition coefficient (Wildman–Crippen LogP) is 6.37. The minimum atomic E-state index is -0.469. The van der Waals surface area contributed by atoms with Crippen LogP contribution >= 0.6 is 0 Å². The van der Waals surface area contributed by atoms with E-state index in [-0.39, 0.29) is 37.4 Å². The topological polar surface area (TPSA) is 122 Å². The van der Waals surface area contributed by atoms with Gasteiger partial charge in [-0.1, -0.05) is 26.2 Å². The molecule has 2 aromatic rings. The highest BCUT2D eigenvalue weighted by Crippen LogP contribution is 2.34. The Morgan fingerprint density at radius 1 is 0.938 bits per heavy atom. The van der Waals surface area contributed by atoms with Crippen LogP contribution in [-0.4, -0.2) is 91.8 Å². The summed E-state index contributed by atoms with van der Waals surface area (Å²) in [7, 11) is 2.18. The molecule has 11 nitrogen and oxygen atoms in total. The number of hydrogen-bond donors (Lipinski definition) is 3. The van der Waals surface area contributed by atoms with Crippen LogP contribution in [0, 0.1) is 11.8 Å². The molecule has 1 fully saturated rings. The van der Waals surface area contributed by atoms with Crippen LogP contribution in [0.5, 0.6) is 17.2 Å². The quantitative estimate of drug-likeness (QED) is 0.297. The summed E-state index contributed by atoms with van der Waals surface area (Å²) in [6, 6.07) is 9.39. The molecule has 0 bridgehead atoms. The number of likely N-dealkylation sites (N-methyl/N-ethyl adjacent to an activating group) is 1. The number of aliphatic hydroxyl groups is 1. The maximum atomic E-state index is 14.4. The molecule has 3 amide bonds. The van der Waals surface area contributed by atoms with E-state index in [9.17, 15) is 14.7 Å². The number of fused-ring (bicyclic) bond motifs is 2. The monoisotopic (exact) mass is 666 g/mol. The maximum Gasteiger partial charge on any atom is 0.323 e. The first kappa shape index (κ1) is 35.8. The van der Waals surface area contributed by atoms with Gasteiger partial charge in [-0.05, 0) is 89.2 Å². The van der Waals surface area contributed by atoms with E-state index in [1.54, 1.807) is 41.3 Å². The average molecular weight is 667 g/mol. The normalized spacial score (nSPS) is 23.2. The van der Waals surface area contributed by atoms with E-state index in [4.69, 9.17) is 18.9 Å². The van der Waals surface area contributed by atoms with Gasteiger partial charge in [0.05, 0.1) is 30.4 Å². The number of ether oxygens (including phenoxy) is 4. The van der Waals surface area contributed by atoms with Gasteiger partial charge in [0.25, 0.3) is 5.91 Å². The largest absolute Gasteiger partial charge is 0.490 e. The third-order valence-electron chi connectivity index (χ3n) is 9.73. The molecule has 0 unspecified atom stereocenters. The Labute approximate surface area is 285 Å². The molecule has 264 valence electrons. The van der Waals surface area contributed by atoms with Crippen molar-refractivity contribution in [3.05, 3.63) is 42.0 Å². The summed E-state index contributed by atoms with van der Waals surface area (Å²) in [6.07, 6.45) is 9.03. The SMILES string of the molecule is C[C@@H]1CCCCO[C@H](CN(C)CC2CCCCC2)[C@@H](C)CN([C@H](C)CO)C(=O)c2cc(NC(=O)Nc3ccc4c(c3)OCO4)ccc2O1. The van der Waals surface area contributed by atoms with Gasteiger partial charge < -0.3 is 44.5 Å². The number of hydrogen-bond acceptors (Lipinski definition) is 8. The van der Waals surface area contributed by atoms with Gasteiger partial charge in [-0.3, -0.25) is 4.79 Å². The lowest BCUT2D eigenvalue weighted by Crippen LogP contribution is -2.47.